The number of amides is 1. The fraction of sp³-hybridized carbons (Fsp3) is 0.667. The Morgan fingerprint density at radius 1 is 1.15 bits per heavy atom. The Morgan fingerprint density at radius 3 is 2.46 bits per heavy atom. The molecule has 26 heavy (non-hydrogen) atoms. The molecule has 1 heterocycles. The van der Waals surface area contributed by atoms with Crippen molar-refractivity contribution in [2.75, 3.05) is 38.2 Å². The molecule has 1 N–H and O–H groups in total. The van der Waals surface area contributed by atoms with E-state index in [0.717, 1.165) is 31.0 Å². The van der Waals surface area contributed by atoms with Crippen molar-refractivity contribution in [2.45, 2.75) is 58.5 Å². The summed E-state index contributed by atoms with van der Waals surface area (Å²) in [5, 5.41) is 2.93. The van der Waals surface area contributed by atoms with E-state index in [-0.39, 0.29) is 5.91 Å². The van der Waals surface area contributed by atoms with Gasteiger partial charge < -0.3 is 19.7 Å². The Hall–Kier alpha value is -1.59. The van der Waals surface area contributed by atoms with E-state index < -0.39 is 5.60 Å². The first-order chi connectivity index (χ1) is 12.6. The number of nitrogens with one attached hydrogen (secondary N) is 1. The molecule has 5 heteroatoms. The number of piperidine rings is 1. The van der Waals surface area contributed by atoms with Gasteiger partial charge in [-0.2, -0.15) is 0 Å². The fourth-order valence-electron chi connectivity index (χ4n) is 3.21. The van der Waals surface area contributed by atoms with E-state index in [1.807, 2.05) is 45.0 Å². The van der Waals surface area contributed by atoms with Crippen LogP contribution in [0.5, 0.6) is 5.75 Å². The first-order valence-corrected chi connectivity index (χ1v) is 9.98. The smallest absolute Gasteiger partial charge is 0.256 e. The van der Waals surface area contributed by atoms with Crippen molar-refractivity contribution < 1.29 is 14.3 Å². The Kier molecular flexibility index (Phi) is 8.39. The average Bonchev–Trinajstić information content (AvgIpc) is 2.67. The number of carbonyl (C=O) groups excluding carboxylic acids is 1. The molecule has 1 aromatic rings. The molecule has 0 aromatic heterocycles. The van der Waals surface area contributed by atoms with Crippen LogP contribution in [0.25, 0.3) is 0 Å². The van der Waals surface area contributed by atoms with Crippen molar-refractivity contribution in [1.29, 1.82) is 0 Å². The highest BCUT2D eigenvalue weighted by Crippen LogP contribution is 2.21. The minimum atomic E-state index is -0.793. The zero-order chi connectivity index (χ0) is 18.8. The topological polar surface area (TPSA) is 50.8 Å². The van der Waals surface area contributed by atoms with Crippen LogP contribution in [0.3, 0.4) is 0 Å². The second kappa shape index (κ2) is 10.5. The Balaban J connectivity index is 1.74. The molecule has 1 amide bonds. The monoisotopic (exact) mass is 362 g/mol. The van der Waals surface area contributed by atoms with Crippen molar-refractivity contribution >= 4 is 11.6 Å². The van der Waals surface area contributed by atoms with Gasteiger partial charge in [0.25, 0.3) is 5.91 Å². The van der Waals surface area contributed by atoms with Crippen LogP contribution >= 0.6 is 0 Å². The zero-order valence-corrected chi connectivity index (χ0v) is 16.6. The SMILES string of the molecule is CCO[C@@](C)(CC)C(=O)Nc1ccc(OCCCN2CCCCC2)cc1. The summed E-state index contributed by atoms with van der Waals surface area (Å²) in [5.74, 6) is 0.724. The molecule has 1 aliphatic rings. The molecule has 0 spiro atoms. The molecule has 1 aromatic carbocycles. The molecule has 2 rings (SSSR count). The van der Waals surface area contributed by atoms with Crippen LogP contribution < -0.4 is 10.1 Å². The highest BCUT2D eigenvalue weighted by Gasteiger charge is 2.31. The number of ether oxygens (including phenoxy) is 2. The van der Waals surface area contributed by atoms with E-state index in [0.29, 0.717) is 13.0 Å². The summed E-state index contributed by atoms with van der Waals surface area (Å²) in [7, 11) is 0. The number of benzene rings is 1. The maximum Gasteiger partial charge on any atom is 0.256 e. The second-order valence-corrected chi connectivity index (χ2v) is 7.10. The van der Waals surface area contributed by atoms with Crippen molar-refractivity contribution in [3.8, 4) is 5.75 Å². The molecule has 0 radical (unpaired) electrons. The average molecular weight is 363 g/mol. The molecular weight excluding hydrogens is 328 g/mol. The summed E-state index contributed by atoms with van der Waals surface area (Å²) in [6.45, 7) is 10.5. The third kappa shape index (κ3) is 6.29. The quantitative estimate of drug-likeness (QED) is 0.637. The van der Waals surface area contributed by atoms with Crippen LogP contribution in [0.4, 0.5) is 5.69 Å². The number of hydrogen-bond donors (Lipinski definition) is 1. The van der Waals surface area contributed by atoms with Gasteiger partial charge in [0.05, 0.1) is 6.61 Å². The number of likely N-dealkylation sites (tertiary alicyclic amines) is 1. The largest absolute Gasteiger partial charge is 0.494 e. The van der Waals surface area contributed by atoms with Crippen LogP contribution in [-0.4, -0.2) is 49.3 Å². The summed E-state index contributed by atoms with van der Waals surface area (Å²) in [4.78, 5) is 15.0. The highest BCUT2D eigenvalue weighted by atomic mass is 16.5. The van der Waals surface area contributed by atoms with E-state index in [1.54, 1.807) is 0 Å². The van der Waals surface area contributed by atoms with E-state index in [4.69, 9.17) is 9.47 Å². The molecule has 0 saturated carbocycles. The molecule has 1 atom stereocenters. The Bertz CT molecular complexity index is 541. The molecule has 0 bridgehead atoms. The van der Waals surface area contributed by atoms with Crippen LogP contribution in [0, 0.1) is 0 Å². The van der Waals surface area contributed by atoms with Gasteiger partial charge >= 0.3 is 0 Å². The third-order valence-electron chi connectivity index (χ3n) is 5.07. The molecule has 0 aliphatic carbocycles. The van der Waals surface area contributed by atoms with Gasteiger partial charge in [0.15, 0.2) is 0 Å². The maximum absolute atomic E-state index is 12.4. The van der Waals surface area contributed by atoms with E-state index in [2.05, 4.69) is 10.2 Å². The molecule has 0 unspecified atom stereocenters. The van der Waals surface area contributed by atoms with Crippen molar-refractivity contribution in [3.63, 3.8) is 0 Å². The van der Waals surface area contributed by atoms with Crippen LogP contribution in [-0.2, 0) is 9.53 Å². The summed E-state index contributed by atoms with van der Waals surface area (Å²) >= 11 is 0. The lowest BCUT2D eigenvalue weighted by molar-refractivity contribution is -0.139. The van der Waals surface area contributed by atoms with E-state index in [9.17, 15) is 4.79 Å². The van der Waals surface area contributed by atoms with Gasteiger partial charge in [-0.25, -0.2) is 0 Å². The maximum atomic E-state index is 12.4. The van der Waals surface area contributed by atoms with Gasteiger partial charge in [-0.3, -0.25) is 4.79 Å². The first-order valence-electron chi connectivity index (χ1n) is 9.98. The van der Waals surface area contributed by atoms with Crippen LogP contribution in [0.15, 0.2) is 24.3 Å². The number of anilines is 1. The molecule has 146 valence electrons. The second-order valence-electron chi connectivity index (χ2n) is 7.10. The Morgan fingerprint density at radius 2 is 1.85 bits per heavy atom. The molecule has 1 saturated heterocycles. The standard InChI is InChI=1S/C21H34N2O3/c1-4-21(3,26-5-2)20(24)22-18-10-12-19(13-11-18)25-17-9-16-23-14-7-6-8-15-23/h10-13H,4-9,14-17H2,1-3H3,(H,22,24)/t21-/m0/s1. The predicted octanol–water partition coefficient (Wildman–Crippen LogP) is 4.09. The van der Waals surface area contributed by atoms with Crippen molar-refractivity contribution in [1.82, 2.24) is 4.90 Å². The lowest BCUT2D eigenvalue weighted by Crippen LogP contribution is -2.42. The summed E-state index contributed by atoms with van der Waals surface area (Å²) in [5.41, 5.74) is -0.0340. The summed E-state index contributed by atoms with van der Waals surface area (Å²) in [6.07, 6.45) is 5.70. The van der Waals surface area contributed by atoms with Crippen molar-refractivity contribution in [2.24, 2.45) is 0 Å². The Labute approximate surface area is 158 Å². The molecule has 5 nitrogen and oxygen atoms in total. The number of hydrogen-bond acceptors (Lipinski definition) is 4. The van der Waals surface area contributed by atoms with E-state index >= 15 is 0 Å². The predicted molar refractivity (Wildman–Crippen MR) is 106 cm³/mol. The lowest BCUT2D eigenvalue weighted by Gasteiger charge is -2.26. The molecule has 1 aliphatic heterocycles. The number of nitrogens with zero attached hydrogens (tertiary/aromatic N) is 1. The van der Waals surface area contributed by atoms with Gasteiger partial charge in [-0.05, 0) is 76.9 Å². The third-order valence-corrected chi connectivity index (χ3v) is 5.07. The number of rotatable bonds is 10. The van der Waals surface area contributed by atoms with Gasteiger partial charge in [0, 0.05) is 18.8 Å². The summed E-state index contributed by atoms with van der Waals surface area (Å²) < 4.78 is 11.4. The minimum absolute atomic E-state index is 0.114. The van der Waals surface area contributed by atoms with Gasteiger partial charge in [-0.15, -0.1) is 0 Å². The number of carbonyl (C=O) groups is 1. The normalized spacial score (nSPS) is 17.5. The van der Waals surface area contributed by atoms with Gasteiger partial charge in [0.2, 0.25) is 0 Å². The van der Waals surface area contributed by atoms with Gasteiger partial charge in [0.1, 0.15) is 11.4 Å². The molecular formula is C21H34N2O3. The summed E-state index contributed by atoms with van der Waals surface area (Å²) in [6, 6.07) is 7.56. The van der Waals surface area contributed by atoms with Crippen LogP contribution in [0.1, 0.15) is 52.9 Å². The first kappa shape index (κ1) is 20.7. The minimum Gasteiger partial charge on any atom is -0.494 e. The highest BCUT2D eigenvalue weighted by molar-refractivity contribution is 5.97. The zero-order valence-electron chi connectivity index (χ0n) is 16.6. The van der Waals surface area contributed by atoms with Gasteiger partial charge in [-0.1, -0.05) is 13.3 Å². The lowest BCUT2D eigenvalue weighted by atomic mass is 10.0. The van der Waals surface area contributed by atoms with Crippen molar-refractivity contribution in [3.05, 3.63) is 24.3 Å². The van der Waals surface area contributed by atoms with E-state index in [1.165, 1.54) is 32.4 Å². The molecule has 1 fully saturated rings. The van der Waals surface area contributed by atoms with Crippen LogP contribution in [0.2, 0.25) is 0 Å². The fourth-order valence-corrected chi connectivity index (χ4v) is 3.21.